The van der Waals surface area contributed by atoms with E-state index in [0.29, 0.717) is 10.8 Å². The largest absolute Gasteiger partial charge is 0.312 e. The lowest BCUT2D eigenvalue weighted by Gasteiger charge is -2.16. The molecular weight excluding hydrogens is 300 g/mol. The van der Waals surface area contributed by atoms with E-state index in [1.54, 1.807) is 24.9 Å². The third-order valence-electron chi connectivity index (χ3n) is 2.91. The number of rotatable bonds is 5. The third-order valence-corrected chi connectivity index (χ3v) is 4.23. The van der Waals surface area contributed by atoms with Crippen molar-refractivity contribution in [2.75, 3.05) is 12.8 Å². The maximum atomic E-state index is 13.3. The van der Waals surface area contributed by atoms with Crippen molar-refractivity contribution in [3.63, 3.8) is 0 Å². The van der Waals surface area contributed by atoms with Gasteiger partial charge in [0.25, 0.3) is 0 Å². The zero-order valence-electron chi connectivity index (χ0n) is 10.9. The molecule has 2 aromatic carbocycles. The third kappa shape index (κ3) is 3.95. The van der Waals surface area contributed by atoms with Crippen molar-refractivity contribution >= 4 is 23.4 Å². The average molecular weight is 314 g/mol. The Bertz CT molecular complexity index is 592. The van der Waals surface area contributed by atoms with Gasteiger partial charge in [0.15, 0.2) is 11.6 Å². The standard InChI is InChI=1S/C15H14ClF2NS/c1-19-15(10-5-6-13(17)14(18)7-10)9-20-12-4-2-3-11(16)8-12/h2-8,15,19H,9H2,1H3. The van der Waals surface area contributed by atoms with Crippen LogP contribution in [0.1, 0.15) is 11.6 Å². The Morgan fingerprint density at radius 2 is 1.95 bits per heavy atom. The molecule has 0 saturated heterocycles. The number of hydrogen-bond acceptors (Lipinski definition) is 2. The molecule has 106 valence electrons. The number of hydrogen-bond donors (Lipinski definition) is 1. The summed E-state index contributed by atoms with van der Waals surface area (Å²) in [4.78, 5) is 1.04. The highest BCUT2D eigenvalue weighted by Gasteiger charge is 2.12. The van der Waals surface area contributed by atoms with Crippen LogP contribution in [0.3, 0.4) is 0 Å². The molecule has 0 aliphatic heterocycles. The first kappa shape index (κ1) is 15.3. The molecule has 20 heavy (non-hydrogen) atoms. The molecule has 0 aliphatic rings. The summed E-state index contributed by atoms with van der Waals surface area (Å²) in [5.41, 5.74) is 0.723. The fourth-order valence-electron chi connectivity index (χ4n) is 1.81. The van der Waals surface area contributed by atoms with Crippen LogP contribution < -0.4 is 5.32 Å². The lowest BCUT2D eigenvalue weighted by molar-refractivity contribution is 0.504. The Kier molecular flexibility index (Phi) is 5.40. The molecule has 0 spiro atoms. The monoisotopic (exact) mass is 313 g/mol. The number of halogens is 3. The topological polar surface area (TPSA) is 12.0 Å². The van der Waals surface area contributed by atoms with E-state index >= 15 is 0 Å². The molecule has 0 fully saturated rings. The predicted octanol–water partition coefficient (Wildman–Crippen LogP) is 4.67. The molecule has 5 heteroatoms. The summed E-state index contributed by atoms with van der Waals surface area (Å²) >= 11 is 7.54. The number of thioether (sulfide) groups is 1. The lowest BCUT2D eigenvalue weighted by atomic mass is 10.1. The molecule has 0 aliphatic carbocycles. The van der Waals surface area contributed by atoms with Gasteiger partial charge in [-0.3, -0.25) is 0 Å². The minimum Gasteiger partial charge on any atom is -0.312 e. The van der Waals surface area contributed by atoms with E-state index in [-0.39, 0.29) is 6.04 Å². The highest BCUT2D eigenvalue weighted by atomic mass is 35.5. The van der Waals surface area contributed by atoms with Crippen LogP contribution in [0.5, 0.6) is 0 Å². The van der Waals surface area contributed by atoms with Gasteiger partial charge in [0.2, 0.25) is 0 Å². The van der Waals surface area contributed by atoms with Gasteiger partial charge in [-0.15, -0.1) is 11.8 Å². The first-order valence-corrected chi connectivity index (χ1v) is 7.47. The summed E-state index contributed by atoms with van der Waals surface area (Å²) in [6.07, 6.45) is 0. The molecule has 1 unspecified atom stereocenters. The fourth-order valence-corrected chi connectivity index (χ4v) is 3.17. The molecule has 2 aromatic rings. The van der Waals surface area contributed by atoms with Gasteiger partial charge in [-0.1, -0.05) is 23.7 Å². The Hall–Kier alpha value is -1.10. The molecule has 0 amide bonds. The van der Waals surface area contributed by atoms with Gasteiger partial charge in [-0.2, -0.15) is 0 Å². The summed E-state index contributed by atoms with van der Waals surface area (Å²) in [6.45, 7) is 0. The van der Waals surface area contributed by atoms with E-state index in [1.165, 1.54) is 6.07 Å². The quantitative estimate of drug-likeness (QED) is 0.805. The molecule has 1 nitrogen and oxygen atoms in total. The molecule has 1 N–H and O–H groups in total. The molecule has 2 rings (SSSR count). The number of benzene rings is 2. The maximum Gasteiger partial charge on any atom is 0.159 e. The summed E-state index contributed by atoms with van der Waals surface area (Å²) in [7, 11) is 1.80. The van der Waals surface area contributed by atoms with Crippen LogP contribution in [0, 0.1) is 11.6 Å². The van der Waals surface area contributed by atoms with Crippen molar-refractivity contribution in [3.05, 3.63) is 64.7 Å². The van der Waals surface area contributed by atoms with Gasteiger partial charge >= 0.3 is 0 Å². The molecule has 0 heterocycles. The molecule has 0 radical (unpaired) electrons. The van der Waals surface area contributed by atoms with Gasteiger partial charge in [0.1, 0.15) is 0 Å². The van der Waals surface area contributed by atoms with Crippen LogP contribution in [0.4, 0.5) is 8.78 Å². The molecule has 1 atom stereocenters. The van der Waals surface area contributed by atoms with Gasteiger partial charge < -0.3 is 5.32 Å². The second-order valence-electron chi connectivity index (χ2n) is 4.28. The van der Waals surface area contributed by atoms with Crippen LogP contribution in [0.15, 0.2) is 47.4 Å². The molecule has 0 saturated carbocycles. The minimum absolute atomic E-state index is 0.0610. The van der Waals surface area contributed by atoms with Crippen molar-refractivity contribution in [1.82, 2.24) is 5.32 Å². The Morgan fingerprint density at radius 1 is 1.15 bits per heavy atom. The lowest BCUT2D eigenvalue weighted by Crippen LogP contribution is -2.19. The van der Waals surface area contributed by atoms with Gasteiger partial charge in [-0.05, 0) is 42.9 Å². The van der Waals surface area contributed by atoms with Crippen LogP contribution in [0.2, 0.25) is 5.02 Å². The van der Waals surface area contributed by atoms with Crippen LogP contribution in [-0.4, -0.2) is 12.8 Å². The van der Waals surface area contributed by atoms with Gasteiger partial charge in [-0.25, -0.2) is 8.78 Å². The summed E-state index contributed by atoms with van der Waals surface area (Å²) in [6, 6.07) is 11.5. The first-order valence-electron chi connectivity index (χ1n) is 6.10. The molecule has 0 bridgehead atoms. The van der Waals surface area contributed by atoms with Crippen molar-refractivity contribution in [2.45, 2.75) is 10.9 Å². The SMILES string of the molecule is CNC(CSc1cccc(Cl)c1)c1ccc(F)c(F)c1. The Morgan fingerprint density at radius 3 is 2.60 bits per heavy atom. The average Bonchev–Trinajstić information content (AvgIpc) is 2.43. The summed E-state index contributed by atoms with van der Waals surface area (Å²) in [5.74, 6) is -0.955. The summed E-state index contributed by atoms with van der Waals surface area (Å²) < 4.78 is 26.2. The van der Waals surface area contributed by atoms with E-state index in [4.69, 9.17) is 11.6 Å². The zero-order chi connectivity index (χ0) is 14.5. The highest BCUT2D eigenvalue weighted by Crippen LogP contribution is 2.27. The summed E-state index contributed by atoms with van der Waals surface area (Å²) in [5, 5.41) is 3.79. The van der Waals surface area contributed by atoms with Crippen molar-refractivity contribution in [1.29, 1.82) is 0 Å². The van der Waals surface area contributed by atoms with Crippen LogP contribution in [-0.2, 0) is 0 Å². The normalized spacial score (nSPS) is 12.4. The smallest absolute Gasteiger partial charge is 0.159 e. The van der Waals surface area contributed by atoms with Crippen molar-refractivity contribution in [3.8, 4) is 0 Å². The van der Waals surface area contributed by atoms with Crippen LogP contribution >= 0.6 is 23.4 Å². The Labute approximate surface area is 126 Å². The highest BCUT2D eigenvalue weighted by molar-refractivity contribution is 7.99. The predicted molar refractivity (Wildman–Crippen MR) is 80.3 cm³/mol. The molecule has 0 aromatic heterocycles. The van der Waals surface area contributed by atoms with Crippen molar-refractivity contribution < 1.29 is 8.78 Å². The zero-order valence-corrected chi connectivity index (χ0v) is 12.4. The minimum atomic E-state index is -0.828. The number of nitrogens with one attached hydrogen (secondary N) is 1. The molecular formula is C15H14ClF2NS. The second-order valence-corrected chi connectivity index (χ2v) is 5.81. The van der Waals surface area contributed by atoms with E-state index in [9.17, 15) is 8.78 Å². The van der Waals surface area contributed by atoms with E-state index < -0.39 is 11.6 Å². The van der Waals surface area contributed by atoms with E-state index in [1.807, 2.05) is 24.3 Å². The second kappa shape index (κ2) is 7.07. The fraction of sp³-hybridized carbons (Fsp3) is 0.200. The van der Waals surface area contributed by atoms with E-state index in [0.717, 1.165) is 16.5 Å². The first-order chi connectivity index (χ1) is 9.60. The van der Waals surface area contributed by atoms with Gasteiger partial charge in [0.05, 0.1) is 0 Å². The van der Waals surface area contributed by atoms with Crippen LogP contribution in [0.25, 0.3) is 0 Å². The van der Waals surface area contributed by atoms with Gasteiger partial charge in [0, 0.05) is 21.7 Å². The maximum absolute atomic E-state index is 13.3. The van der Waals surface area contributed by atoms with Crippen molar-refractivity contribution in [2.24, 2.45) is 0 Å². The van der Waals surface area contributed by atoms with E-state index in [2.05, 4.69) is 5.32 Å². The Balaban J connectivity index is 2.07.